The van der Waals surface area contributed by atoms with Crippen molar-refractivity contribution in [1.82, 2.24) is 4.31 Å². The first-order chi connectivity index (χ1) is 16.3. The van der Waals surface area contributed by atoms with E-state index in [1.807, 2.05) is 24.3 Å². The summed E-state index contributed by atoms with van der Waals surface area (Å²) in [5.41, 5.74) is 1.03. The van der Waals surface area contributed by atoms with E-state index in [2.05, 4.69) is 10.2 Å². The highest BCUT2D eigenvalue weighted by molar-refractivity contribution is 7.89. The third-order valence-electron chi connectivity index (χ3n) is 5.62. The van der Waals surface area contributed by atoms with Crippen LogP contribution in [0, 0.1) is 5.82 Å². The number of carbonyl (C=O) groups excluding carboxylic acids is 1. The highest BCUT2D eigenvalue weighted by Gasteiger charge is 2.29. The minimum absolute atomic E-state index is 0.131. The number of rotatable bonds is 6. The van der Waals surface area contributed by atoms with Gasteiger partial charge in [0.05, 0.1) is 28.3 Å². The van der Waals surface area contributed by atoms with E-state index in [1.165, 1.54) is 22.5 Å². The van der Waals surface area contributed by atoms with E-state index >= 15 is 0 Å². The van der Waals surface area contributed by atoms with Crippen molar-refractivity contribution in [3.8, 4) is 5.75 Å². The van der Waals surface area contributed by atoms with Crippen LogP contribution in [0.4, 0.5) is 15.8 Å². The first kappa shape index (κ1) is 24.0. The standard InChI is InChI=1S/C24H23ClFN3O4S/c1-33-18-8-6-17(7-9-18)28-12-14-29(15-13-28)34(31,32)19-10-11-23(22(26)16-19)27-24(30)20-4-2-3-5-21(20)25/h2-11,16H,12-15H2,1H3,(H,27,30). The number of anilines is 2. The van der Waals surface area contributed by atoms with Crippen molar-refractivity contribution in [2.75, 3.05) is 43.5 Å². The summed E-state index contributed by atoms with van der Waals surface area (Å²) in [5, 5.41) is 2.67. The van der Waals surface area contributed by atoms with Gasteiger partial charge in [-0.2, -0.15) is 4.31 Å². The molecule has 1 heterocycles. The van der Waals surface area contributed by atoms with E-state index in [-0.39, 0.29) is 34.3 Å². The van der Waals surface area contributed by atoms with E-state index in [0.29, 0.717) is 13.1 Å². The van der Waals surface area contributed by atoms with Gasteiger partial charge in [-0.25, -0.2) is 12.8 Å². The molecule has 0 unspecified atom stereocenters. The van der Waals surface area contributed by atoms with Gasteiger partial charge in [0.1, 0.15) is 11.6 Å². The molecule has 3 aromatic rings. The Balaban J connectivity index is 1.44. The van der Waals surface area contributed by atoms with Crippen LogP contribution < -0.4 is 15.0 Å². The number of halogens is 2. The van der Waals surface area contributed by atoms with Gasteiger partial charge in [-0.1, -0.05) is 23.7 Å². The van der Waals surface area contributed by atoms with Gasteiger partial charge in [-0.3, -0.25) is 4.79 Å². The monoisotopic (exact) mass is 503 g/mol. The molecule has 0 radical (unpaired) electrons. The molecular formula is C24H23ClFN3O4S. The predicted molar refractivity (Wildman–Crippen MR) is 130 cm³/mol. The van der Waals surface area contributed by atoms with Crippen LogP contribution in [0.25, 0.3) is 0 Å². The number of hydrogen-bond donors (Lipinski definition) is 1. The van der Waals surface area contributed by atoms with Gasteiger partial charge in [-0.15, -0.1) is 0 Å². The Bertz CT molecular complexity index is 1290. The van der Waals surface area contributed by atoms with Gasteiger partial charge >= 0.3 is 0 Å². The Kier molecular flexibility index (Phi) is 7.06. The molecule has 1 aliphatic rings. The number of piperazine rings is 1. The molecule has 34 heavy (non-hydrogen) atoms. The maximum absolute atomic E-state index is 14.7. The van der Waals surface area contributed by atoms with Crippen molar-refractivity contribution in [3.63, 3.8) is 0 Å². The maximum Gasteiger partial charge on any atom is 0.257 e. The molecule has 178 valence electrons. The van der Waals surface area contributed by atoms with Crippen LogP contribution in [0.3, 0.4) is 0 Å². The summed E-state index contributed by atoms with van der Waals surface area (Å²) in [6.45, 7) is 1.53. The number of amides is 1. The van der Waals surface area contributed by atoms with Gasteiger partial charge in [0.15, 0.2) is 0 Å². The molecule has 3 aromatic carbocycles. The molecule has 0 aromatic heterocycles. The zero-order valence-electron chi connectivity index (χ0n) is 18.4. The molecule has 1 aliphatic heterocycles. The Labute approximate surface area is 202 Å². The summed E-state index contributed by atoms with van der Waals surface area (Å²) in [6, 6.07) is 17.4. The van der Waals surface area contributed by atoms with Crippen LogP contribution >= 0.6 is 11.6 Å². The van der Waals surface area contributed by atoms with E-state index < -0.39 is 21.7 Å². The van der Waals surface area contributed by atoms with Crippen LogP contribution in [-0.4, -0.2) is 51.9 Å². The quantitative estimate of drug-likeness (QED) is 0.544. The molecule has 1 N–H and O–H groups in total. The third-order valence-corrected chi connectivity index (χ3v) is 7.85. The lowest BCUT2D eigenvalue weighted by atomic mass is 10.2. The first-order valence-electron chi connectivity index (χ1n) is 10.5. The van der Waals surface area contributed by atoms with Crippen LogP contribution in [0.5, 0.6) is 5.75 Å². The molecular weight excluding hydrogens is 481 g/mol. The fourth-order valence-electron chi connectivity index (χ4n) is 3.72. The number of benzene rings is 3. The molecule has 0 aliphatic carbocycles. The molecule has 1 amide bonds. The van der Waals surface area contributed by atoms with Crippen LogP contribution in [0.2, 0.25) is 5.02 Å². The van der Waals surface area contributed by atoms with Gasteiger partial charge in [0, 0.05) is 31.9 Å². The molecule has 0 saturated carbocycles. The van der Waals surface area contributed by atoms with Gasteiger partial charge in [-0.05, 0) is 54.6 Å². The number of nitrogens with zero attached hydrogens (tertiary/aromatic N) is 2. The molecule has 0 spiro atoms. The lowest BCUT2D eigenvalue weighted by Gasteiger charge is -2.35. The molecule has 7 nitrogen and oxygen atoms in total. The van der Waals surface area contributed by atoms with Crippen LogP contribution in [0.1, 0.15) is 10.4 Å². The molecule has 4 rings (SSSR count). The number of hydrogen-bond acceptors (Lipinski definition) is 5. The fraction of sp³-hybridized carbons (Fsp3) is 0.208. The summed E-state index contributed by atoms with van der Waals surface area (Å²) < 4.78 is 47.4. The summed E-state index contributed by atoms with van der Waals surface area (Å²) in [6.07, 6.45) is 0. The Morgan fingerprint density at radius 1 is 1.00 bits per heavy atom. The topological polar surface area (TPSA) is 79.0 Å². The summed E-state index contributed by atoms with van der Waals surface area (Å²) >= 11 is 6.01. The van der Waals surface area contributed by atoms with E-state index in [4.69, 9.17) is 16.3 Å². The minimum atomic E-state index is -3.89. The summed E-state index contributed by atoms with van der Waals surface area (Å²) in [5.74, 6) is -0.688. The van der Waals surface area contributed by atoms with Crippen LogP contribution in [-0.2, 0) is 10.0 Å². The van der Waals surface area contributed by atoms with E-state index in [0.717, 1.165) is 17.5 Å². The van der Waals surface area contributed by atoms with Gasteiger partial charge in [0.25, 0.3) is 5.91 Å². The highest BCUT2D eigenvalue weighted by Crippen LogP contribution is 2.26. The lowest BCUT2D eigenvalue weighted by Crippen LogP contribution is -2.48. The van der Waals surface area contributed by atoms with Crippen molar-refractivity contribution in [1.29, 1.82) is 0 Å². The summed E-state index contributed by atoms with van der Waals surface area (Å²) in [7, 11) is -2.29. The zero-order valence-corrected chi connectivity index (χ0v) is 19.9. The van der Waals surface area contributed by atoms with Crippen molar-refractivity contribution in [3.05, 3.63) is 83.1 Å². The van der Waals surface area contributed by atoms with Crippen LogP contribution in [0.15, 0.2) is 71.6 Å². The number of carbonyl (C=O) groups is 1. The molecule has 0 bridgehead atoms. The second kappa shape index (κ2) is 10.0. The number of sulfonamides is 1. The second-order valence-corrected chi connectivity index (χ2v) is 10.0. The highest BCUT2D eigenvalue weighted by atomic mass is 35.5. The van der Waals surface area contributed by atoms with Gasteiger partial charge in [0.2, 0.25) is 10.0 Å². The average Bonchev–Trinajstić information content (AvgIpc) is 2.85. The zero-order chi connectivity index (χ0) is 24.3. The molecule has 0 atom stereocenters. The Morgan fingerprint density at radius 3 is 2.29 bits per heavy atom. The van der Waals surface area contributed by atoms with Gasteiger partial charge < -0.3 is 15.0 Å². The van der Waals surface area contributed by atoms with E-state index in [1.54, 1.807) is 25.3 Å². The fourth-order valence-corrected chi connectivity index (χ4v) is 5.38. The Morgan fingerprint density at radius 2 is 1.68 bits per heavy atom. The molecule has 10 heteroatoms. The van der Waals surface area contributed by atoms with Crippen molar-refractivity contribution in [2.24, 2.45) is 0 Å². The number of nitrogens with one attached hydrogen (secondary N) is 1. The number of methoxy groups -OCH3 is 1. The van der Waals surface area contributed by atoms with Crippen molar-refractivity contribution >= 4 is 38.9 Å². The average molecular weight is 504 g/mol. The molecule has 1 saturated heterocycles. The first-order valence-corrected chi connectivity index (χ1v) is 12.4. The SMILES string of the molecule is COc1ccc(N2CCN(S(=O)(=O)c3ccc(NC(=O)c4ccccc4Cl)c(F)c3)CC2)cc1. The maximum atomic E-state index is 14.7. The molecule has 1 fully saturated rings. The number of ether oxygens (including phenoxy) is 1. The Hall–Kier alpha value is -3.14. The lowest BCUT2D eigenvalue weighted by molar-refractivity contribution is 0.102. The summed E-state index contributed by atoms with van der Waals surface area (Å²) in [4.78, 5) is 14.3. The van der Waals surface area contributed by atoms with E-state index in [9.17, 15) is 17.6 Å². The smallest absolute Gasteiger partial charge is 0.257 e. The largest absolute Gasteiger partial charge is 0.497 e. The van der Waals surface area contributed by atoms with Crippen molar-refractivity contribution in [2.45, 2.75) is 4.90 Å². The van der Waals surface area contributed by atoms with Crippen molar-refractivity contribution < 1.29 is 22.3 Å². The second-order valence-electron chi connectivity index (χ2n) is 7.66. The normalized spacial score (nSPS) is 14.6. The minimum Gasteiger partial charge on any atom is -0.497 e. The third kappa shape index (κ3) is 5.01. The predicted octanol–water partition coefficient (Wildman–Crippen LogP) is 4.25.